The van der Waals surface area contributed by atoms with Gasteiger partial charge in [-0.1, -0.05) is 6.07 Å². The van der Waals surface area contributed by atoms with Crippen LogP contribution in [0.4, 0.5) is 24.8 Å². The number of carbonyl (C=O) groups is 1. The Balaban J connectivity index is 1.46. The number of halogens is 3. The van der Waals surface area contributed by atoms with Crippen molar-refractivity contribution in [1.82, 2.24) is 20.2 Å². The first-order chi connectivity index (χ1) is 17.5. The van der Waals surface area contributed by atoms with Crippen LogP contribution in [0.15, 0.2) is 29.3 Å². The molecule has 1 fully saturated rings. The summed E-state index contributed by atoms with van der Waals surface area (Å²) in [7, 11) is -2.39. The van der Waals surface area contributed by atoms with Crippen molar-refractivity contribution in [2.75, 3.05) is 24.7 Å². The standard InChI is InChI=1S/C24H22F3N5O3S2/c1-32-4-5-37(34,35)19-8-18(36-21(19)22(32)33)20-16(24(25,26)27)11-29-23(31-20)30-17-7-14-10-28-9-13(14)6-15(17)12-2-3-12/h6-8,11-12,28H,2-5,9-10H2,1H3,(H,29,30,31). The predicted octanol–water partition coefficient (Wildman–Crippen LogP) is 4.31. The summed E-state index contributed by atoms with van der Waals surface area (Å²) in [4.78, 5) is 21.7. The van der Waals surface area contributed by atoms with Gasteiger partial charge in [0.2, 0.25) is 5.95 Å². The summed E-state index contributed by atoms with van der Waals surface area (Å²) < 4.78 is 67.4. The number of benzene rings is 1. The maximum absolute atomic E-state index is 14.0. The molecule has 2 aliphatic heterocycles. The minimum atomic E-state index is -4.78. The van der Waals surface area contributed by atoms with Crippen LogP contribution in [0.25, 0.3) is 10.6 Å². The third-order valence-corrected chi connectivity index (χ3v) is 9.83. The molecule has 1 saturated carbocycles. The molecule has 13 heteroatoms. The second-order valence-electron chi connectivity index (χ2n) is 9.51. The van der Waals surface area contributed by atoms with Crippen molar-refractivity contribution in [2.45, 2.75) is 42.9 Å². The molecule has 1 aromatic carbocycles. The first kappa shape index (κ1) is 24.3. The fraction of sp³-hybridized carbons (Fsp3) is 0.375. The molecule has 4 heterocycles. The van der Waals surface area contributed by atoms with E-state index in [9.17, 15) is 26.4 Å². The van der Waals surface area contributed by atoms with Crippen LogP contribution in [-0.4, -0.2) is 48.5 Å². The molecular formula is C24H22F3N5O3S2. The van der Waals surface area contributed by atoms with Gasteiger partial charge in [0.05, 0.1) is 21.2 Å². The zero-order chi connectivity index (χ0) is 26.1. The number of nitrogens with zero attached hydrogens (tertiary/aromatic N) is 3. The Morgan fingerprint density at radius 3 is 2.59 bits per heavy atom. The fourth-order valence-corrected chi connectivity index (χ4v) is 7.71. The Morgan fingerprint density at radius 2 is 1.89 bits per heavy atom. The summed E-state index contributed by atoms with van der Waals surface area (Å²) in [6.45, 7) is 1.48. The number of sulfone groups is 1. The van der Waals surface area contributed by atoms with Crippen molar-refractivity contribution in [1.29, 1.82) is 0 Å². The Morgan fingerprint density at radius 1 is 1.16 bits per heavy atom. The molecule has 1 aliphatic carbocycles. The highest BCUT2D eigenvalue weighted by Gasteiger charge is 2.38. The zero-order valence-electron chi connectivity index (χ0n) is 19.6. The van der Waals surface area contributed by atoms with Crippen molar-refractivity contribution >= 4 is 38.7 Å². The molecule has 2 N–H and O–H groups in total. The van der Waals surface area contributed by atoms with E-state index in [1.165, 1.54) is 17.5 Å². The quantitative estimate of drug-likeness (QED) is 0.500. The first-order valence-corrected chi connectivity index (χ1v) is 14.2. The van der Waals surface area contributed by atoms with Crippen LogP contribution in [0, 0.1) is 0 Å². The third-order valence-electron chi connectivity index (χ3n) is 6.86. The summed E-state index contributed by atoms with van der Waals surface area (Å²) >= 11 is 0.699. The van der Waals surface area contributed by atoms with Gasteiger partial charge in [0, 0.05) is 38.6 Å². The lowest BCUT2D eigenvalue weighted by Gasteiger charge is -2.16. The number of anilines is 2. The summed E-state index contributed by atoms with van der Waals surface area (Å²) in [6.07, 6.45) is -2.01. The molecule has 2 aromatic heterocycles. The van der Waals surface area contributed by atoms with Gasteiger partial charge in [-0.3, -0.25) is 4.79 Å². The van der Waals surface area contributed by atoms with Crippen LogP contribution in [0.2, 0.25) is 0 Å². The molecule has 8 nitrogen and oxygen atoms in total. The van der Waals surface area contributed by atoms with E-state index < -0.39 is 33.2 Å². The van der Waals surface area contributed by atoms with Gasteiger partial charge in [-0.15, -0.1) is 11.3 Å². The van der Waals surface area contributed by atoms with Crippen LogP contribution in [0.1, 0.15) is 50.7 Å². The van der Waals surface area contributed by atoms with E-state index in [1.807, 2.05) is 6.07 Å². The zero-order valence-corrected chi connectivity index (χ0v) is 21.3. The number of aromatic nitrogens is 2. The number of thiophene rings is 1. The van der Waals surface area contributed by atoms with Crippen LogP contribution in [0.5, 0.6) is 0 Å². The van der Waals surface area contributed by atoms with E-state index in [4.69, 9.17) is 0 Å². The molecule has 0 atom stereocenters. The minimum absolute atomic E-state index is 0.00685. The summed E-state index contributed by atoms with van der Waals surface area (Å²) in [6, 6.07) is 5.24. The lowest BCUT2D eigenvalue weighted by atomic mass is 10.0. The molecule has 3 aliphatic rings. The maximum Gasteiger partial charge on any atom is 0.420 e. The van der Waals surface area contributed by atoms with Gasteiger partial charge in [0.1, 0.15) is 10.4 Å². The van der Waals surface area contributed by atoms with Crippen molar-refractivity contribution in [2.24, 2.45) is 0 Å². The second kappa shape index (κ2) is 8.50. The predicted molar refractivity (Wildman–Crippen MR) is 132 cm³/mol. The summed E-state index contributed by atoms with van der Waals surface area (Å²) in [5.41, 5.74) is 2.57. The number of fused-ring (bicyclic) bond motifs is 2. The molecule has 37 heavy (non-hydrogen) atoms. The minimum Gasteiger partial charge on any atom is -0.340 e. The van der Waals surface area contributed by atoms with Crippen molar-refractivity contribution < 1.29 is 26.4 Å². The van der Waals surface area contributed by atoms with Gasteiger partial charge >= 0.3 is 6.18 Å². The van der Waals surface area contributed by atoms with Crippen LogP contribution < -0.4 is 10.6 Å². The Labute approximate surface area is 214 Å². The molecule has 3 aromatic rings. The van der Waals surface area contributed by atoms with E-state index in [1.54, 1.807) is 0 Å². The highest BCUT2D eigenvalue weighted by Crippen LogP contribution is 2.46. The van der Waals surface area contributed by atoms with Crippen molar-refractivity contribution in [3.05, 3.63) is 51.5 Å². The molecule has 0 radical (unpaired) electrons. The molecule has 6 rings (SSSR count). The van der Waals surface area contributed by atoms with Crippen molar-refractivity contribution in [3.63, 3.8) is 0 Å². The van der Waals surface area contributed by atoms with Crippen LogP contribution >= 0.6 is 11.3 Å². The smallest absolute Gasteiger partial charge is 0.340 e. The Hall–Kier alpha value is -3.03. The van der Waals surface area contributed by atoms with Gasteiger partial charge in [0.25, 0.3) is 5.91 Å². The number of hydrogen-bond donors (Lipinski definition) is 2. The van der Waals surface area contributed by atoms with E-state index >= 15 is 0 Å². The monoisotopic (exact) mass is 549 g/mol. The lowest BCUT2D eigenvalue weighted by molar-refractivity contribution is -0.137. The molecule has 0 unspecified atom stereocenters. The molecule has 0 bridgehead atoms. The number of carbonyl (C=O) groups excluding carboxylic acids is 1. The van der Waals surface area contributed by atoms with E-state index in [0.29, 0.717) is 30.0 Å². The molecule has 0 spiro atoms. The maximum atomic E-state index is 14.0. The number of hydrogen-bond acceptors (Lipinski definition) is 8. The third kappa shape index (κ3) is 4.38. The number of rotatable bonds is 4. The van der Waals surface area contributed by atoms with Crippen molar-refractivity contribution in [3.8, 4) is 10.6 Å². The van der Waals surface area contributed by atoms with Gasteiger partial charge in [0.15, 0.2) is 9.84 Å². The fourth-order valence-electron chi connectivity index (χ4n) is 4.68. The number of nitrogens with one attached hydrogen (secondary N) is 2. The first-order valence-electron chi connectivity index (χ1n) is 11.7. The van der Waals surface area contributed by atoms with Gasteiger partial charge < -0.3 is 15.5 Å². The highest BCUT2D eigenvalue weighted by molar-refractivity contribution is 7.91. The second-order valence-corrected chi connectivity index (χ2v) is 12.6. The van der Waals surface area contributed by atoms with Gasteiger partial charge in [-0.2, -0.15) is 13.2 Å². The SMILES string of the molecule is CN1CCS(=O)(=O)c2cc(-c3nc(Nc4cc5c(cc4C4CC4)CNC5)ncc3C(F)(F)F)sc2C1=O. The van der Waals surface area contributed by atoms with E-state index in [0.717, 1.165) is 42.3 Å². The van der Waals surface area contributed by atoms with Crippen LogP contribution in [0.3, 0.4) is 0 Å². The number of amides is 1. The lowest BCUT2D eigenvalue weighted by Crippen LogP contribution is -2.27. The molecule has 1 amide bonds. The molecule has 0 saturated heterocycles. The summed E-state index contributed by atoms with van der Waals surface area (Å²) in [5.74, 6) is -0.513. The molecular weight excluding hydrogens is 527 g/mol. The summed E-state index contributed by atoms with van der Waals surface area (Å²) in [5, 5.41) is 6.41. The molecule has 194 valence electrons. The van der Waals surface area contributed by atoms with Gasteiger partial charge in [-0.25, -0.2) is 18.4 Å². The van der Waals surface area contributed by atoms with E-state index in [2.05, 4.69) is 26.7 Å². The Bertz CT molecular complexity index is 1550. The average Bonchev–Trinajstić information content (AvgIpc) is 3.42. The normalized spacial score (nSPS) is 18.9. The van der Waals surface area contributed by atoms with Gasteiger partial charge in [-0.05, 0) is 47.6 Å². The Kier molecular flexibility index (Phi) is 5.58. The van der Waals surface area contributed by atoms with Crippen LogP contribution in [-0.2, 0) is 29.1 Å². The number of alkyl halides is 3. The van der Waals surface area contributed by atoms with E-state index in [-0.39, 0.29) is 32.9 Å². The average molecular weight is 550 g/mol. The largest absolute Gasteiger partial charge is 0.420 e. The topological polar surface area (TPSA) is 104 Å². The highest BCUT2D eigenvalue weighted by atomic mass is 32.2.